The van der Waals surface area contributed by atoms with E-state index < -0.39 is 17.9 Å². The maximum atomic E-state index is 12.1. The lowest BCUT2D eigenvalue weighted by Gasteiger charge is -2.39. The number of carboxylic acid groups (broad SMARTS) is 1. The van der Waals surface area contributed by atoms with Gasteiger partial charge in [0.1, 0.15) is 0 Å². The number of hydrogen-bond acceptors (Lipinski definition) is 3. The summed E-state index contributed by atoms with van der Waals surface area (Å²) < 4.78 is 5.03. The molecule has 5 heteroatoms. The SMILES string of the molecule is COCCN1C(=O)CC[C@H](C(=O)O)[C@H]1c1ccccc1. The normalized spacial score (nSPS) is 22.9. The molecule has 0 bridgehead atoms. The summed E-state index contributed by atoms with van der Waals surface area (Å²) in [7, 11) is 1.57. The molecule has 1 aliphatic heterocycles. The monoisotopic (exact) mass is 277 g/mol. The molecular formula is C15H19NO4. The number of benzene rings is 1. The summed E-state index contributed by atoms with van der Waals surface area (Å²) in [6.07, 6.45) is 0.668. The number of amides is 1. The Hall–Kier alpha value is -1.88. The van der Waals surface area contributed by atoms with E-state index in [-0.39, 0.29) is 12.3 Å². The molecule has 1 N–H and O–H groups in total. The minimum Gasteiger partial charge on any atom is -0.481 e. The van der Waals surface area contributed by atoms with E-state index in [1.54, 1.807) is 12.0 Å². The highest BCUT2D eigenvalue weighted by Crippen LogP contribution is 2.36. The number of carbonyl (C=O) groups excluding carboxylic acids is 1. The molecule has 1 aliphatic rings. The molecule has 20 heavy (non-hydrogen) atoms. The highest BCUT2D eigenvalue weighted by atomic mass is 16.5. The predicted octanol–water partition coefficient (Wildman–Crippen LogP) is 1.70. The molecule has 0 spiro atoms. The van der Waals surface area contributed by atoms with Crippen molar-refractivity contribution in [3.8, 4) is 0 Å². The molecule has 1 amide bonds. The lowest BCUT2D eigenvalue weighted by molar-refractivity contribution is -0.152. The van der Waals surface area contributed by atoms with Crippen molar-refractivity contribution in [2.75, 3.05) is 20.3 Å². The fraction of sp³-hybridized carbons (Fsp3) is 0.467. The zero-order chi connectivity index (χ0) is 14.5. The van der Waals surface area contributed by atoms with Crippen molar-refractivity contribution in [1.29, 1.82) is 0 Å². The summed E-state index contributed by atoms with van der Waals surface area (Å²) in [4.78, 5) is 25.3. The first-order valence-electron chi connectivity index (χ1n) is 6.71. The van der Waals surface area contributed by atoms with Crippen LogP contribution in [-0.4, -0.2) is 42.1 Å². The Morgan fingerprint density at radius 3 is 2.70 bits per heavy atom. The number of likely N-dealkylation sites (tertiary alicyclic amines) is 1. The van der Waals surface area contributed by atoms with Crippen LogP contribution in [0.25, 0.3) is 0 Å². The van der Waals surface area contributed by atoms with Gasteiger partial charge in [0.2, 0.25) is 5.91 Å². The molecule has 2 rings (SSSR count). The molecule has 0 aliphatic carbocycles. The molecule has 0 aromatic heterocycles. The molecule has 0 saturated carbocycles. The first kappa shape index (κ1) is 14.5. The number of aliphatic carboxylic acids is 1. The van der Waals surface area contributed by atoms with Gasteiger partial charge in [-0.25, -0.2) is 0 Å². The molecule has 0 unspecified atom stereocenters. The van der Waals surface area contributed by atoms with Gasteiger partial charge in [-0.2, -0.15) is 0 Å². The smallest absolute Gasteiger partial charge is 0.308 e. The van der Waals surface area contributed by atoms with Crippen molar-refractivity contribution in [2.45, 2.75) is 18.9 Å². The predicted molar refractivity (Wildman–Crippen MR) is 73.1 cm³/mol. The van der Waals surface area contributed by atoms with Crippen LogP contribution in [-0.2, 0) is 14.3 Å². The van der Waals surface area contributed by atoms with E-state index in [2.05, 4.69) is 0 Å². The molecule has 2 atom stereocenters. The standard InChI is InChI=1S/C15H19NO4/c1-20-10-9-16-13(17)8-7-12(15(18)19)14(16)11-5-3-2-4-6-11/h2-6,12,14H,7-10H2,1H3,(H,18,19)/t12-,14+/m0/s1. The molecule has 5 nitrogen and oxygen atoms in total. The van der Waals surface area contributed by atoms with Crippen molar-refractivity contribution in [3.05, 3.63) is 35.9 Å². The van der Waals surface area contributed by atoms with E-state index in [9.17, 15) is 14.7 Å². The second-order valence-electron chi connectivity index (χ2n) is 4.92. The van der Waals surface area contributed by atoms with Crippen LogP contribution < -0.4 is 0 Å². The number of methoxy groups -OCH3 is 1. The lowest BCUT2D eigenvalue weighted by Crippen LogP contribution is -2.46. The number of rotatable bonds is 5. The van der Waals surface area contributed by atoms with Crippen molar-refractivity contribution < 1.29 is 19.4 Å². The number of ether oxygens (including phenoxy) is 1. The Bertz CT molecular complexity index is 474. The van der Waals surface area contributed by atoms with Crippen LogP contribution in [0, 0.1) is 5.92 Å². The second-order valence-corrected chi connectivity index (χ2v) is 4.92. The molecule has 1 heterocycles. The van der Waals surface area contributed by atoms with Gasteiger partial charge in [-0.15, -0.1) is 0 Å². The third kappa shape index (κ3) is 2.99. The van der Waals surface area contributed by atoms with Crippen LogP contribution in [0.15, 0.2) is 30.3 Å². The summed E-state index contributed by atoms with van der Waals surface area (Å²) in [6.45, 7) is 0.820. The molecular weight excluding hydrogens is 258 g/mol. The fourth-order valence-electron chi connectivity index (χ4n) is 2.73. The molecule has 108 valence electrons. The van der Waals surface area contributed by atoms with Crippen LogP contribution in [0.3, 0.4) is 0 Å². The van der Waals surface area contributed by atoms with E-state index in [0.717, 1.165) is 5.56 Å². The molecule has 1 aromatic carbocycles. The van der Waals surface area contributed by atoms with Gasteiger partial charge in [-0.3, -0.25) is 9.59 Å². The molecule has 0 radical (unpaired) electrons. The Labute approximate surface area is 118 Å². The highest BCUT2D eigenvalue weighted by Gasteiger charge is 2.40. The van der Waals surface area contributed by atoms with Crippen LogP contribution in [0.1, 0.15) is 24.4 Å². The number of carboxylic acids is 1. The largest absolute Gasteiger partial charge is 0.481 e. The van der Waals surface area contributed by atoms with Gasteiger partial charge in [0.25, 0.3) is 0 Å². The summed E-state index contributed by atoms with van der Waals surface area (Å²) >= 11 is 0. The van der Waals surface area contributed by atoms with Gasteiger partial charge in [0, 0.05) is 20.1 Å². The van der Waals surface area contributed by atoms with Crippen molar-refractivity contribution in [1.82, 2.24) is 4.90 Å². The number of piperidine rings is 1. The summed E-state index contributed by atoms with van der Waals surface area (Å²) in [5.41, 5.74) is 0.865. The maximum absolute atomic E-state index is 12.1. The average molecular weight is 277 g/mol. The van der Waals surface area contributed by atoms with Crippen molar-refractivity contribution in [3.63, 3.8) is 0 Å². The second kappa shape index (κ2) is 6.52. The highest BCUT2D eigenvalue weighted by molar-refractivity contribution is 5.81. The van der Waals surface area contributed by atoms with E-state index in [0.29, 0.717) is 19.6 Å². The van der Waals surface area contributed by atoms with Crippen LogP contribution in [0.2, 0.25) is 0 Å². The van der Waals surface area contributed by atoms with Crippen molar-refractivity contribution in [2.24, 2.45) is 5.92 Å². The minimum absolute atomic E-state index is 0.00611. The number of nitrogens with zero attached hydrogens (tertiary/aromatic N) is 1. The van der Waals surface area contributed by atoms with Gasteiger partial charge in [-0.1, -0.05) is 30.3 Å². The number of hydrogen-bond donors (Lipinski definition) is 1. The molecule has 1 fully saturated rings. The van der Waals surface area contributed by atoms with Crippen LogP contribution >= 0.6 is 0 Å². The van der Waals surface area contributed by atoms with E-state index in [1.807, 2.05) is 30.3 Å². The Balaban J connectivity index is 2.33. The van der Waals surface area contributed by atoms with Gasteiger partial charge in [-0.05, 0) is 12.0 Å². The zero-order valence-corrected chi connectivity index (χ0v) is 11.5. The first-order chi connectivity index (χ1) is 9.65. The third-order valence-electron chi connectivity index (χ3n) is 3.70. The van der Waals surface area contributed by atoms with Gasteiger partial charge < -0.3 is 14.7 Å². The van der Waals surface area contributed by atoms with Crippen molar-refractivity contribution >= 4 is 11.9 Å². The third-order valence-corrected chi connectivity index (χ3v) is 3.70. The fourth-order valence-corrected chi connectivity index (χ4v) is 2.73. The lowest BCUT2D eigenvalue weighted by atomic mass is 9.84. The Morgan fingerprint density at radius 1 is 1.40 bits per heavy atom. The molecule has 1 aromatic rings. The summed E-state index contributed by atoms with van der Waals surface area (Å²) in [5, 5.41) is 9.43. The summed E-state index contributed by atoms with van der Waals surface area (Å²) in [6, 6.07) is 8.94. The number of carbonyl (C=O) groups is 2. The van der Waals surface area contributed by atoms with Crippen LogP contribution in [0.4, 0.5) is 0 Å². The Morgan fingerprint density at radius 2 is 2.10 bits per heavy atom. The van der Waals surface area contributed by atoms with E-state index >= 15 is 0 Å². The van der Waals surface area contributed by atoms with E-state index in [1.165, 1.54) is 0 Å². The van der Waals surface area contributed by atoms with E-state index in [4.69, 9.17) is 4.74 Å². The van der Waals surface area contributed by atoms with Crippen LogP contribution in [0.5, 0.6) is 0 Å². The molecule has 1 saturated heterocycles. The minimum atomic E-state index is -0.853. The zero-order valence-electron chi connectivity index (χ0n) is 11.5. The average Bonchev–Trinajstić information content (AvgIpc) is 2.46. The quantitative estimate of drug-likeness (QED) is 0.889. The van der Waals surface area contributed by atoms with Gasteiger partial charge in [0.05, 0.1) is 18.6 Å². The first-order valence-corrected chi connectivity index (χ1v) is 6.71. The maximum Gasteiger partial charge on any atom is 0.308 e. The topological polar surface area (TPSA) is 66.8 Å². The summed E-state index contributed by atoms with van der Waals surface area (Å²) in [5.74, 6) is -1.42. The van der Waals surface area contributed by atoms with Gasteiger partial charge in [0.15, 0.2) is 0 Å². The Kier molecular flexibility index (Phi) is 4.74. The van der Waals surface area contributed by atoms with Gasteiger partial charge >= 0.3 is 5.97 Å².